The van der Waals surface area contributed by atoms with E-state index in [0.717, 1.165) is 5.02 Å². The minimum absolute atomic E-state index is 0.277. The summed E-state index contributed by atoms with van der Waals surface area (Å²) < 4.78 is 0. The fraction of sp³-hybridized carbons (Fsp3) is 0.571. The van der Waals surface area contributed by atoms with Crippen molar-refractivity contribution < 1.29 is 0 Å². The Morgan fingerprint density at radius 1 is 1.20 bits per heavy atom. The first-order valence-electron chi connectivity index (χ1n) is 5.80. The first-order chi connectivity index (χ1) is 7.04. The SMILES string of the molecule is CC[C@@H](C)C(C)(CC)c1ccc(Cl)cc1. The highest BCUT2D eigenvalue weighted by Crippen LogP contribution is 2.37. The number of benzene rings is 1. The van der Waals surface area contributed by atoms with E-state index in [4.69, 9.17) is 11.6 Å². The maximum Gasteiger partial charge on any atom is 0.0406 e. The number of halogens is 1. The molecule has 0 bridgehead atoms. The molecule has 1 unspecified atom stereocenters. The number of hydrogen-bond acceptors (Lipinski definition) is 0. The summed E-state index contributed by atoms with van der Waals surface area (Å²) in [6.07, 6.45) is 2.39. The molecule has 1 aromatic carbocycles. The van der Waals surface area contributed by atoms with E-state index in [9.17, 15) is 0 Å². The number of rotatable bonds is 4. The van der Waals surface area contributed by atoms with Crippen molar-refractivity contribution in [3.8, 4) is 0 Å². The Hall–Kier alpha value is -0.490. The lowest BCUT2D eigenvalue weighted by molar-refractivity contribution is 0.295. The van der Waals surface area contributed by atoms with Crippen LogP contribution in [-0.2, 0) is 5.41 Å². The molecule has 0 nitrogen and oxygen atoms in total. The first-order valence-corrected chi connectivity index (χ1v) is 6.18. The van der Waals surface area contributed by atoms with Crippen molar-refractivity contribution in [3.63, 3.8) is 0 Å². The van der Waals surface area contributed by atoms with E-state index in [1.54, 1.807) is 0 Å². The highest BCUT2D eigenvalue weighted by molar-refractivity contribution is 6.30. The third-order valence-corrected chi connectivity index (χ3v) is 4.19. The van der Waals surface area contributed by atoms with Gasteiger partial charge in [0.1, 0.15) is 0 Å². The maximum absolute atomic E-state index is 5.92. The van der Waals surface area contributed by atoms with Gasteiger partial charge in [-0.15, -0.1) is 0 Å². The zero-order valence-corrected chi connectivity index (χ0v) is 10.9. The van der Waals surface area contributed by atoms with E-state index in [1.165, 1.54) is 18.4 Å². The number of hydrogen-bond donors (Lipinski definition) is 0. The molecule has 2 atom stereocenters. The summed E-state index contributed by atoms with van der Waals surface area (Å²) in [6.45, 7) is 9.21. The Morgan fingerprint density at radius 3 is 2.13 bits per heavy atom. The monoisotopic (exact) mass is 224 g/mol. The predicted octanol–water partition coefficient (Wildman–Crippen LogP) is 5.05. The fourth-order valence-corrected chi connectivity index (χ4v) is 2.24. The van der Waals surface area contributed by atoms with Gasteiger partial charge in [-0.2, -0.15) is 0 Å². The van der Waals surface area contributed by atoms with Crippen LogP contribution in [0, 0.1) is 5.92 Å². The van der Waals surface area contributed by atoms with Gasteiger partial charge in [-0.05, 0) is 35.4 Å². The minimum Gasteiger partial charge on any atom is -0.0843 e. The van der Waals surface area contributed by atoms with E-state index in [-0.39, 0.29) is 5.41 Å². The van der Waals surface area contributed by atoms with E-state index in [1.807, 2.05) is 12.1 Å². The molecule has 15 heavy (non-hydrogen) atoms. The third kappa shape index (κ3) is 2.55. The molecule has 0 saturated carbocycles. The van der Waals surface area contributed by atoms with Gasteiger partial charge >= 0.3 is 0 Å². The van der Waals surface area contributed by atoms with Crippen LogP contribution in [0.25, 0.3) is 0 Å². The zero-order valence-electron chi connectivity index (χ0n) is 10.2. The van der Waals surface area contributed by atoms with Crippen LogP contribution in [0.4, 0.5) is 0 Å². The van der Waals surface area contributed by atoms with Crippen molar-refractivity contribution in [1.29, 1.82) is 0 Å². The molecule has 0 spiro atoms. The molecule has 0 aliphatic rings. The molecule has 84 valence electrons. The second kappa shape index (κ2) is 5.03. The molecular formula is C14H21Cl. The molecule has 0 N–H and O–H groups in total. The van der Waals surface area contributed by atoms with Crippen LogP contribution < -0.4 is 0 Å². The van der Waals surface area contributed by atoms with Gasteiger partial charge in [0.2, 0.25) is 0 Å². The van der Waals surface area contributed by atoms with Gasteiger partial charge in [0, 0.05) is 5.02 Å². The zero-order chi connectivity index (χ0) is 11.5. The Bertz CT molecular complexity index is 302. The predicted molar refractivity (Wildman–Crippen MR) is 68.6 cm³/mol. The van der Waals surface area contributed by atoms with E-state index < -0.39 is 0 Å². The van der Waals surface area contributed by atoms with Crippen molar-refractivity contribution >= 4 is 11.6 Å². The molecule has 0 saturated heterocycles. The van der Waals surface area contributed by atoms with Crippen molar-refractivity contribution in [2.24, 2.45) is 5.92 Å². The van der Waals surface area contributed by atoms with E-state index in [2.05, 4.69) is 39.8 Å². The van der Waals surface area contributed by atoms with Crippen molar-refractivity contribution in [1.82, 2.24) is 0 Å². The molecule has 0 heterocycles. The summed E-state index contributed by atoms with van der Waals surface area (Å²) in [4.78, 5) is 0. The minimum atomic E-state index is 0.277. The van der Waals surface area contributed by atoms with Crippen LogP contribution in [-0.4, -0.2) is 0 Å². The van der Waals surface area contributed by atoms with E-state index >= 15 is 0 Å². The topological polar surface area (TPSA) is 0 Å². The summed E-state index contributed by atoms with van der Waals surface area (Å²) in [5.74, 6) is 0.698. The average molecular weight is 225 g/mol. The lowest BCUT2D eigenvalue weighted by atomic mass is 9.70. The molecular weight excluding hydrogens is 204 g/mol. The highest BCUT2D eigenvalue weighted by atomic mass is 35.5. The molecule has 0 aliphatic carbocycles. The highest BCUT2D eigenvalue weighted by Gasteiger charge is 2.29. The fourth-order valence-electron chi connectivity index (χ4n) is 2.12. The molecule has 1 aromatic rings. The molecule has 0 aromatic heterocycles. The summed E-state index contributed by atoms with van der Waals surface area (Å²) in [5, 5.41) is 0.821. The maximum atomic E-state index is 5.92. The van der Waals surface area contributed by atoms with Crippen LogP contribution in [0.2, 0.25) is 5.02 Å². The van der Waals surface area contributed by atoms with Crippen molar-refractivity contribution in [2.75, 3.05) is 0 Å². The van der Waals surface area contributed by atoms with Gasteiger partial charge in [-0.25, -0.2) is 0 Å². The average Bonchev–Trinajstić information content (AvgIpc) is 2.27. The van der Waals surface area contributed by atoms with Crippen molar-refractivity contribution in [3.05, 3.63) is 34.9 Å². The molecule has 1 rings (SSSR count). The standard InChI is InChI=1S/C14H21Cl/c1-5-11(3)14(4,6-2)12-7-9-13(15)10-8-12/h7-11H,5-6H2,1-4H3/t11-,14?/m1/s1. The van der Waals surface area contributed by atoms with Gasteiger partial charge in [-0.1, -0.05) is 57.8 Å². The van der Waals surface area contributed by atoms with Crippen LogP contribution in [0.15, 0.2) is 24.3 Å². The Morgan fingerprint density at radius 2 is 1.73 bits per heavy atom. The lowest BCUT2D eigenvalue weighted by Gasteiger charge is -2.35. The summed E-state index contributed by atoms with van der Waals surface area (Å²) in [7, 11) is 0. The molecule has 0 amide bonds. The molecule has 0 radical (unpaired) electrons. The second-order valence-corrected chi connectivity index (χ2v) is 5.02. The molecule has 0 fully saturated rings. The summed E-state index contributed by atoms with van der Waals surface area (Å²) >= 11 is 5.92. The Balaban J connectivity index is 3.05. The van der Waals surface area contributed by atoms with Crippen LogP contribution >= 0.6 is 11.6 Å². The second-order valence-electron chi connectivity index (χ2n) is 4.59. The van der Waals surface area contributed by atoms with Gasteiger partial charge in [-0.3, -0.25) is 0 Å². The lowest BCUT2D eigenvalue weighted by Crippen LogP contribution is -2.29. The molecule has 1 heteroatoms. The van der Waals surface area contributed by atoms with Crippen LogP contribution in [0.5, 0.6) is 0 Å². The summed E-state index contributed by atoms with van der Waals surface area (Å²) in [5.41, 5.74) is 1.68. The van der Waals surface area contributed by atoms with E-state index in [0.29, 0.717) is 5.92 Å². The van der Waals surface area contributed by atoms with Gasteiger partial charge in [0.25, 0.3) is 0 Å². The van der Waals surface area contributed by atoms with Crippen LogP contribution in [0.3, 0.4) is 0 Å². The van der Waals surface area contributed by atoms with Gasteiger partial charge < -0.3 is 0 Å². The van der Waals surface area contributed by atoms with Gasteiger partial charge in [0.15, 0.2) is 0 Å². The van der Waals surface area contributed by atoms with Gasteiger partial charge in [0.05, 0.1) is 0 Å². The largest absolute Gasteiger partial charge is 0.0843 e. The Kier molecular flexibility index (Phi) is 4.21. The molecule has 0 aliphatic heterocycles. The smallest absolute Gasteiger partial charge is 0.0406 e. The Labute approximate surface area is 98.7 Å². The summed E-state index contributed by atoms with van der Waals surface area (Å²) in [6, 6.07) is 8.32. The quantitative estimate of drug-likeness (QED) is 0.671. The first kappa shape index (κ1) is 12.6. The normalized spacial score (nSPS) is 17.1. The van der Waals surface area contributed by atoms with Crippen molar-refractivity contribution in [2.45, 2.75) is 46.0 Å². The van der Waals surface area contributed by atoms with Crippen LogP contribution in [0.1, 0.15) is 46.1 Å². The third-order valence-electron chi connectivity index (χ3n) is 3.94.